The van der Waals surface area contributed by atoms with Gasteiger partial charge in [0.2, 0.25) is 11.8 Å². The molecule has 1 aliphatic rings. The fraction of sp³-hybridized carbons (Fsp3) is 0.333. The van der Waals surface area contributed by atoms with Gasteiger partial charge < -0.3 is 15.4 Å². The van der Waals surface area contributed by atoms with Crippen LogP contribution in [-0.4, -0.2) is 34.5 Å². The van der Waals surface area contributed by atoms with Gasteiger partial charge in [-0.05, 0) is 42.7 Å². The lowest BCUT2D eigenvalue weighted by molar-refractivity contribution is -0.122. The summed E-state index contributed by atoms with van der Waals surface area (Å²) in [7, 11) is 1.59. The average Bonchev–Trinajstić information content (AvgIpc) is 3.62. The van der Waals surface area contributed by atoms with Crippen LogP contribution in [0.3, 0.4) is 0 Å². The normalized spacial score (nSPS) is 13.0. The number of methoxy groups -OCH3 is 1. The van der Waals surface area contributed by atoms with Gasteiger partial charge in [0.25, 0.3) is 5.56 Å². The zero-order chi connectivity index (χ0) is 22.5. The Morgan fingerprint density at radius 3 is 2.72 bits per heavy atom. The van der Waals surface area contributed by atoms with Crippen LogP contribution in [0.5, 0.6) is 5.75 Å². The Morgan fingerprint density at radius 1 is 1.12 bits per heavy atom. The van der Waals surface area contributed by atoms with E-state index in [0.717, 1.165) is 18.4 Å². The van der Waals surface area contributed by atoms with Crippen LogP contribution in [0.15, 0.2) is 53.3 Å². The summed E-state index contributed by atoms with van der Waals surface area (Å²) in [6, 6.07) is 14.9. The molecule has 2 aromatic carbocycles. The van der Waals surface area contributed by atoms with Gasteiger partial charge in [0, 0.05) is 25.4 Å². The number of fused-ring (bicyclic) bond motifs is 1. The zero-order valence-corrected chi connectivity index (χ0v) is 18.0. The summed E-state index contributed by atoms with van der Waals surface area (Å²) in [5.74, 6) is 0.344. The van der Waals surface area contributed by atoms with Crippen LogP contribution >= 0.6 is 0 Å². The van der Waals surface area contributed by atoms with Gasteiger partial charge in [-0.3, -0.25) is 19.0 Å². The first-order valence-electron chi connectivity index (χ1n) is 10.7. The van der Waals surface area contributed by atoms with Crippen molar-refractivity contribution >= 4 is 22.8 Å². The molecule has 1 saturated carbocycles. The average molecular weight is 434 g/mol. The Kier molecular flexibility index (Phi) is 6.49. The highest BCUT2D eigenvalue weighted by molar-refractivity contribution is 5.80. The van der Waals surface area contributed by atoms with E-state index in [1.165, 1.54) is 4.57 Å². The molecule has 0 spiro atoms. The van der Waals surface area contributed by atoms with E-state index in [1.807, 2.05) is 30.3 Å². The fourth-order valence-corrected chi connectivity index (χ4v) is 3.51. The molecular formula is C24H26N4O4. The smallest absolute Gasteiger partial charge is 0.273 e. The maximum atomic E-state index is 13.1. The number of ether oxygens (including phenoxy) is 1. The molecule has 1 heterocycles. The number of nitrogens with zero attached hydrogens (tertiary/aromatic N) is 2. The van der Waals surface area contributed by atoms with Gasteiger partial charge in [-0.25, -0.2) is 4.98 Å². The summed E-state index contributed by atoms with van der Waals surface area (Å²) >= 11 is 0. The molecule has 0 unspecified atom stereocenters. The van der Waals surface area contributed by atoms with E-state index in [4.69, 9.17) is 4.74 Å². The number of benzene rings is 2. The molecule has 0 radical (unpaired) electrons. The van der Waals surface area contributed by atoms with E-state index < -0.39 is 0 Å². The van der Waals surface area contributed by atoms with Crippen LogP contribution < -0.4 is 20.9 Å². The molecule has 0 atom stereocenters. The minimum absolute atomic E-state index is 0.0792. The highest BCUT2D eigenvalue weighted by Crippen LogP contribution is 2.19. The lowest BCUT2D eigenvalue weighted by Crippen LogP contribution is -2.34. The summed E-state index contributed by atoms with van der Waals surface area (Å²) in [5.41, 5.74) is 2.03. The summed E-state index contributed by atoms with van der Waals surface area (Å²) in [6.07, 6.45) is 2.45. The van der Waals surface area contributed by atoms with Gasteiger partial charge in [-0.15, -0.1) is 0 Å². The van der Waals surface area contributed by atoms with Crippen molar-refractivity contribution < 1.29 is 14.3 Å². The fourth-order valence-electron chi connectivity index (χ4n) is 3.51. The second-order valence-corrected chi connectivity index (χ2v) is 7.91. The third-order valence-corrected chi connectivity index (χ3v) is 5.38. The highest BCUT2D eigenvalue weighted by Gasteiger charge is 2.23. The second kappa shape index (κ2) is 9.64. The van der Waals surface area contributed by atoms with Crippen molar-refractivity contribution in [2.24, 2.45) is 0 Å². The van der Waals surface area contributed by atoms with Crippen molar-refractivity contribution in [1.29, 1.82) is 0 Å². The number of nitrogens with one attached hydrogen (secondary N) is 2. The van der Waals surface area contributed by atoms with Crippen molar-refractivity contribution in [2.75, 3.05) is 7.11 Å². The Morgan fingerprint density at radius 2 is 1.94 bits per heavy atom. The quantitative estimate of drug-likeness (QED) is 0.536. The number of amides is 2. The largest absolute Gasteiger partial charge is 0.497 e. The molecule has 1 aromatic heterocycles. The summed E-state index contributed by atoms with van der Waals surface area (Å²) in [5, 5.41) is 5.77. The van der Waals surface area contributed by atoms with Gasteiger partial charge >= 0.3 is 0 Å². The van der Waals surface area contributed by atoms with Gasteiger partial charge in [-0.1, -0.05) is 24.3 Å². The van der Waals surface area contributed by atoms with Crippen LogP contribution in [0.25, 0.3) is 11.0 Å². The topological polar surface area (TPSA) is 102 Å². The molecule has 8 heteroatoms. The predicted molar refractivity (Wildman–Crippen MR) is 120 cm³/mol. The van der Waals surface area contributed by atoms with Crippen molar-refractivity contribution in [3.05, 3.63) is 70.1 Å². The molecule has 8 nitrogen and oxygen atoms in total. The Bertz CT molecular complexity index is 1200. The van der Waals surface area contributed by atoms with E-state index in [-0.39, 0.29) is 48.5 Å². The summed E-state index contributed by atoms with van der Waals surface area (Å²) in [4.78, 5) is 42.3. The van der Waals surface area contributed by atoms with Crippen molar-refractivity contribution in [3.63, 3.8) is 0 Å². The third-order valence-electron chi connectivity index (χ3n) is 5.38. The summed E-state index contributed by atoms with van der Waals surface area (Å²) < 4.78 is 6.63. The van der Waals surface area contributed by atoms with Gasteiger partial charge in [0.05, 0.1) is 18.1 Å². The highest BCUT2D eigenvalue weighted by atomic mass is 16.5. The maximum Gasteiger partial charge on any atom is 0.273 e. The first-order chi connectivity index (χ1) is 15.5. The van der Waals surface area contributed by atoms with Crippen molar-refractivity contribution in [2.45, 2.75) is 44.8 Å². The van der Waals surface area contributed by atoms with Crippen LogP contribution in [-0.2, 0) is 29.1 Å². The number of para-hydroxylation sites is 2. The molecule has 32 heavy (non-hydrogen) atoms. The van der Waals surface area contributed by atoms with E-state index in [0.29, 0.717) is 23.3 Å². The lowest BCUT2D eigenvalue weighted by Gasteiger charge is -2.13. The molecule has 2 amide bonds. The minimum Gasteiger partial charge on any atom is -0.497 e. The zero-order valence-electron chi connectivity index (χ0n) is 18.0. The van der Waals surface area contributed by atoms with E-state index in [2.05, 4.69) is 15.6 Å². The summed E-state index contributed by atoms with van der Waals surface area (Å²) in [6.45, 7) is 0.190. The first-order valence-corrected chi connectivity index (χ1v) is 10.7. The van der Waals surface area contributed by atoms with Crippen molar-refractivity contribution in [3.8, 4) is 5.75 Å². The number of rotatable bonds is 9. The van der Waals surface area contributed by atoms with Gasteiger partial charge in [0.15, 0.2) is 0 Å². The SMILES string of the molecule is COc1cccc(CNC(=O)Cn2c(=O)c(CCC(=O)NC3CC3)nc3ccccc32)c1. The van der Waals surface area contributed by atoms with Crippen LogP contribution in [0.1, 0.15) is 30.5 Å². The number of aromatic nitrogens is 2. The molecule has 4 rings (SSSR count). The second-order valence-electron chi connectivity index (χ2n) is 7.91. The molecule has 3 aromatic rings. The standard InChI is InChI=1S/C24H26N4O4/c1-32-18-6-4-5-16(13-18)14-25-23(30)15-28-21-8-3-2-7-19(21)27-20(24(28)31)11-12-22(29)26-17-9-10-17/h2-8,13,17H,9-12,14-15H2,1H3,(H,25,30)(H,26,29). The molecular weight excluding hydrogens is 408 g/mol. The number of hydrogen-bond donors (Lipinski definition) is 2. The maximum absolute atomic E-state index is 13.1. The first kappa shape index (κ1) is 21.5. The van der Waals surface area contributed by atoms with Crippen molar-refractivity contribution in [1.82, 2.24) is 20.2 Å². The minimum atomic E-state index is -0.348. The van der Waals surface area contributed by atoms with E-state index >= 15 is 0 Å². The van der Waals surface area contributed by atoms with Gasteiger partial charge in [-0.2, -0.15) is 0 Å². The Hall–Kier alpha value is -3.68. The lowest BCUT2D eigenvalue weighted by atomic mass is 10.2. The Labute approximate surface area is 185 Å². The monoisotopic (exact) mass is 434 g/mol. The van der Waals surface area contributed by atoms with Crippen LogP contribution in [0.2, 0.25) is 0 Å². The molecule has 1 fully saturated rings. The molecule has 166 valence electrons. The molecule has 0 aliphatic heterocycles. The van der Waals surface area contributed by atoms with E-state index in [1.54, 1.807) is 25.3 Å². The third kappa shape index (κ3) is 5.32. The number of carbonyl (C=O) groups is 2. The molecule has 1 aliphatic carbocycles. The van der Waals surface area contributed by atoms with E-state index in [9.17, 15) is 14.4 Å². The van der Waals surface area contributed by atoms with Crippen LogP contribution in [0, 0.1) is 0 Å². The molecule has 2 N–H and O–H groups in total. The van der Waals surface area contributed by atoms with Gasteiger partial charge in [0.1, 0.15) is 18.0 Å². The Balaban J connectivity index is 1.49. The van der Waals surface area contributed by atoms with Crippen LogP contribution in [0.4, 0.5) is 0 Å². The molecule has 0 saturated heterocycles. The number of hydrogen-bond acceptors (Lipinski definition) is 5. The number of carbonyl (C=O) groups excluding carboxylic acids is 2. The predicted octanol–water partition coefficient (Wildman–Crippen LogP) is 1.93. The number of aryl methyl sites for hydroxylation is 1. The molecule has 0 bridgehead atoms.